The largest absolute Gasteiger partial charge is 0.378 e. The first-order valence-electron chi connectivity index (χ1n) is 9.33. The van der Waals surface area contributed by atoms with E-state index in [-0.39, 0.29) is 0 Å². The summed E-state index contributed by atoms with van der Waals surface area (Å²) in [6.07, 6.45) is 0. The Morgan fingerprint density at radius 1 is 1.04 bits per heavy atom. The van der Waals surface area contributed by atoms with Crippen molar-refractivity contribution in [1.29, 1.82) is 0 Å². The van der Waals surface area contributed by atoms with Gasteiger partial charge in [0.05, 0.1) is 24.3 Å². The topological polar surface area (TPSA) is 24.8 Å². The third-order valence-electron chi connectivity index (χ3n) is 5.90. The number of morpholine rings is 1. The average molecular weight is 351 g/mol. The molecule has 0 radical (unpaired) electrons. The highest BCUT2D eigenvalue weighted by molar-refractivity contribution is 7.03. The van der Waals surface area contributed by atoms with E-state index in [1.807, 2.05) is 0 Å². The summed E-state index contributed by atoms with van der Waals surface area (Å²) in [6.45, 7) is 12.5. The van der Waals surface area contributed by atoms with Crippen LogP contribution in [0.4, 0.5) is 11.4 Å². The molecule has 3 nitrogen and oxygen atoms in total. The van der Waals surface area contributed by atoms with E-state index in [0.717, 1.165) is 36.9 Å². The van der Waals surface area contributed by atoms with Crippen molar-refractivity contribution in [3.8, 4) is 0 Å². The van der Waals surface area contributed by atoms with Gasteiger partial charge < -0.3 is 9.64 Å². The maximum Gasteiger partial charge on any atom is 0.123 e. The predicted molar refractivity (Wildman–Crippen MR) is 108 cm³/mol. The van der Waals surface area contributed by atoms with Crippen LogP contribution in [0.25, 0.3) is 6.58 Å². The summed E-state index contributed by atoms with van der Waals surface area (Å²) in [4.78, 5) is 7.44. The highest BCUT2D eigenvalue weighted by Crippen LogP contribution is 2.27. The second-order valence-electron chi connectivity index (χ2n) is 7.05. The molecule has 0 atom stereocenters. The normalized spacial score (nSPS) is 18.2. The van der Waals surface area contributed by atoms with E-state index in [1.54, 1.807) is 0 Å². The summed E-state index contributed by atoms with van der Waals surface area (Å²) in [5.74, 6) is 0. The van der Waals surface area contributed by atoms with Gasteiger partial charge in [-0.15, -0.1) is 0 Å². The van der Waals surface area contributed by atoms with Crippen molar-refractivity contribution >= 4 is 36.4 Å². The lowest BCUT2D eigenvalue weighted by Gasteiger charge is -2.36. The Balaban J connectivity index is 1.92. The van der Waals surface area contributed by atoms with Crippen LogP contribution in [0, 0.1) is 0 Å². The Morgan fingerprint density at radius 3 is 2.52 bits per heavy atom. The molecule has 0 aromatic heterocycles. The standard InChI is InChI=1S/C21H26N2OSi/c1-4-25(5-2)20-14-16(3)6-8-18(20)22-19-9-7-17(15-21(19)25)23-10-12-24-13-11-23/h6-9,14-15H,3-5,10-13H2,1-2H3. The lowest BCUT2D eigenvalue weighted by atomic mass is 10.2. The van der Waals surface area contributed by atoms with Gasteiger partial charge in [-0.3, -0.25) is 0 Å². The molecule has 2 aliphatic heterocycles. The summed E-state index contributed by atoms with van der Waals surface area (Å²) < 4.78 is 5.52. The Labute approximate surface area is 150 Å². The van der Waals surface area contributed by atoms with Gasteiger partial charge in [0.15, 0.2) is 0 Å². The minimum absolute atomic E-state index is 0.819. The first kappa shape index (κ1) is 16.5. The quantitative estimate of drug-likeness (QED) is 0.789. The van der Waals surface area contributed by atoms with E-state index >= 15 is 0 Å². The van der Waals surface area contributed by atoms with Crippen molar-refractivity contribution in [2.24, 2.45) is 4.99 Å². The van der Waals surface area contributed by atoms with Gasteiger partial charge in [0.1, 0.15) is 8.07 Å². The first-order chi connectivity index (χ1) is 12.2. The predicted octanol–water partition coefficient (Wildman–Crippen LogP) is 1.80. The summed E-state index contributed by atoms with van der Waals surface area (Å²) in [7, 11) is -1.79. The highest BCUT2D eigenvalue weighted by atomic mass is 28.3. The van der Waals surface area contributed by atoms with E-state index in [2.05, 4.69) is 61.7 Å². The Morgan fingerprint density at radius 2 is 1.80 bits per heavy atom. The highest BCUT2D eigenvalue weighted by Gasteiger charge is 2.39. The maximum atomic E-state index is 5.52. The molecule has 2 heterocycles. The van der Waals surface area contributed by atoms with Gasteiger partial charge in [-0.25, -0.2) is 4.99 Å². The van der Waals surface area contributed by atoms with Crippen LogP contribution in [0.5, 0.6) is 0 Å². The third kappa shape index (κ3) is 2.64. The van der Waals surface area contributed by atoms with Gasteiger partial charge in [-0.05, 0) is 39.9 Å². The Hall–Kier alpha value is -1.91. The molecule has 0 unspecified atom stereocenters. The Bertz CT molecular complexity index is 899. The number of benzene rings is 2. The minimum atomic E-state index is -1.79. The van der Waals surface area contributed by atoms with Crippen LogP contribution in [-0.4, -0.2) is 34.4 Å². The minimum Gasteiger partial charge on any atom is -0.378 e. The first-order valence-corrected chi connectivity index (χ1v) is 11.7. The monoisotopic (exact) mass is 350 g/mol. The molecule has 0 bridgehead atoms. The molecule has 0 N–H and O–H groups in total. The van der Waals surface area contributed by atoms with E-state index in [0.29, 0.717) is 0 Å². The molecule has 2 aromatic carbocycles. The maximum absolute atomic E-state index is 5.52. The van der Waals surface area contributed by atoms with Gasteiger partial charge in [0, 0.05) is 18.8 Å². The van der Waals surface area contributed by atoms with Crippen molar-refractivity contribution in [3.05, 3.63) is 47.0 Å². The number of nitrogens with zero attached hydrogens (tertiary/aromatic N) is 2. The number of rotatable bonds is 3. The molecule has 2 aliphatic rings. The van der Waals surface area contributed by atoms with E-state index in [9.17, 15) is 0 Å². The SMILES string of the molecule is C=c1ccc2c(c1)[Si](CC)(CC)c1cc(N3CCOCC3)ccc1N=2. The van der Waals surface area contributed by atoms with Crippen LogP contribution >= 0.6 is 0 Å². The van der Waals surface area contributed by atoms with Crippen molar-refractivity contribution in [2.75, 3.05) is 31.2 Å². The molecule has 1 saturated heterocycles. The van der Waals surface area contributed by atoms with Gasteiger partial charge in [-0.1, -0.05) is 44.6 Å². The summed E-state index contributed by atoms with van der Waals surface area (Å²) in [5, 5.41) is 5.23. The van der Waals surface area contributed by atoms with Gasteiger partial charge in [0.25, 0.3) is 0 Å². The average Bonchev–Trinajstić information content (AvgIpc) is 2.67. The zero-order valence-electron chi connectivity index (χ0n) is 15.2. The summed E-state index contributed by atoms with van der Waals surface area (Å²) in [5.41, 5.74) is 2.50. The lowest BCUT2D eigenvalue weighted by molar-refractivity contribution is 0.122. The van der Waals surface area contributed by atoms with E-state index in [1.165, 1.54) is 33.8 Å². The fraction of sp³-hybridized carbons (Fsp3) is 0.381. The molecule has 25 heavy (non-hydrogen) atoms. The van der Waals surface area contributed by atoms with Crippen molar-refractivity contribution in [1.82, 2.24) is 0 Å². The number of hydrogen-bond acceptors (Lipinski definition) is 3. The lowest BCUT2D eigenvalue weighted by Crippen LogP contribution is -2.64. The van der Waals surface area contributed by atoms with Gasteiger partial charge in [-0.2, -0.15) is 0 Å². The molecule has 0 aliphatic carbocycles. The van der Waals surface area contributed by atoms with Crippen LogP contribution in [0.1, 0.15) is 13.8 Å². The van der Waals surface area contributed by atoms with Crippen LogP contribution in [0.2, 0.25) is 12.1 Å². The molecule has 130 valence electrons. The number of ether oxygens (including phenoxy) is 1. The van der Waals surface area contributed by atoms with Crippen LogP contribution < -0.4 is 25.8 Å². The fourth-order valence-corrected chi connectivity index (χ4v) is 8.83. The number of hydrogen-bond donors (Lipinski definition) is 0. The molecule has 4 rings (SSSR count). The van der Waals surface area contributed by atoms with Crippen molar-refractivity contribution in [2.45, 2.75) is 25.9 Å². The van der Waals surface area contributed by atoms with Gasteiger partial charge >= 0.3 is 0 Å². The van der Waals surface area contributed by atoms with Crippen molar-refractivity contribution in [3.63, 3.8) is 0 Å². The molecule has 1 fully saturated rings. The van der Waals surface area contributed by atoms with E-state index in [4.69, 9.17) is 9.73 Å². The smallest absolute Gasteiger partial charge is 0.123 e. The van der Waals surface area contributed by atoms with Gasteiger partial charge in [0.2, 0.25) is 0 Å². The fourth-order valence-electron chi connectivity index (χ4n) is 4.37. The molecular formula is C21H26N2OSi. The molecular weight excluding hydrogens is 324 g/mol. The number of anilines is 1. The molecule has 2 aromatic rings. The van der Waals surface area contributed by atoms with Crippen LogP contribution in [0.15, 0.2) is 41.4 Å². The Kier molecular flexibility index (Phi) is 4.26. The van der Waals surface area contributed by atoms with Crippen LogP contribution in [0.3, 0.4) is 0 Å². The zero-order chi connectivity index (χ0) is 17.4. The van der Waals surface area contributed by atoms with Crippen LogP contribution in [-0.2, 0) is 4.74 Å². The summed E-state index contributed by atoms with van der Waals surface area (Å²) >= 11 is 0. The molecule has 4 heteroatoms. The van der Waals surface area contributed by atoms with Crippen molar-refractivity contribution < 1.29 is 4.74 Å². The molecule has 0 amide bonds. The second kappa shape index (κ2) is 6.43. The van der Waals surface area contributed by atoms with E-state index < -0.39 is 8.07 Å². The second-order valence-corrected chi connectivity index (χ2v) is 11.7. The third-order valence-corrected chi connectivity index (χ3v) is 11.2. The summed E-state index contributed by atoms with van der Waals surface area (Å²) in [6, 6.07) is 15.8. The zero-order valence-corrected chi connectivity index (χ0v) is 16.2. The molecule has 0 spiro atoms. The number of fused-ring (bicyclic) bond motifs is 2. The molecule has 0 saturated carbocycles.